The van der Waals surface area contributed by atoms with E-state index in [9.17, 15) is 4.79 Å². The number of anilines is 1. The number of amides is 1. The van der Waals surface area contributed by atoms with Crippen molar-refractivity contribution in [1.29, 1.82) is 0 Å². The molecular formula is C22H20N2O3S. The second-order valence-electron chi connectivity index (χ2n) is 6.36. The lowest BCUT2D eigenvalue weighted by atomic mass is 10.2. The van der Waals surface area contributed by atoms with Gasteiger partial charge in [-0.05, 0) is 42.8 Å². The van der Waals surface area contributed by atoms with Crippen LogP contribution in [0.25, 0.3) is 6.08 Å². The second-order valence-corrected chi connectivity index (χ2v) is 7.42. The van der Waals surface area contributed by atoms with Crippen molar-refractivity contribution in [1.82, 2.24) is 4.98 Å². The molecule has 0 spiro atoms. The fourth-order valence-electron chi connectivity index (χ4n) is 3.00. The first-order valence-corrected chi connectivity index (χ1v) is 9.92. The molecule has 142 valence electrons. The zero-order valence-corrected chi connectivity index (χ0v) is 16.3. The van der Waals surface area contributed by atoms with E-state index in [2.05, 4.69) is 4.98 Å². The van der Waals surface area contributed by atoms with Gasteiger partial charge in [-0.15, -0.1) is 11.3 Å². The molecule has 0 radical (unpaired) electrons. The lowest BCUT2D eigenvalue weighted by molar-refractivity contribution is -0.114. The Morgan fingerprint density at radius 1 is 1.29 bits per heavy atom. The van der Waals surface area contributed by atoms with E-state index in [0.29, 0.717) is 19.8 Å². The predicted octanol–water partition coefficient (Wildman–Crippen LogP) is 4.47. The van der Waals surface area contributed by atoms with Crippen molar-refractivity contribution in [2.75, 3.05) is 18.1 Å². The predicted molar refractivity (Wildman–Crippen MR) is 111 cm³/mol. The molecule has 1 aliphatic rings. The minimum Gasteiger partial charge on any atom is -0.490 e. The summed E-state index contributed by atoms with van der Waals surface area (Å²) in [6.07, 6.45) is 3.39. The summed E-state index contributed by atoms with van der Waals surface area (Å²) >= 11 is 1.61. The van der Waals surface area contributed by atoms with Crippen molar-refractivity contribution in [3.63, 3.8) is 0 Å². The van der Waals surface area contributed by atoms with Gasteiger partial charge in [0.05, 0.1) is 22.9 Å². The Hall–Kier alpha value is -3.12. The minimum absolute atomic E-state index is 0.0694. The number of aromatic nitrogens is 1. The number of carbonyl (C=O) groups excluding carboxylic acids is 1. The maximum atomic E-state index is 12.7. The van der Waals surface area contributed by atoms with Crippen LogP contribution in [0.15, 0.2) is 60.0 Å². The van der Waals surface area contributed by atoms with Gasteiger partial charge in [-0.3, -0.25) is 4.79 Å². The summed E-state index contributed by atoms with van der Waals surface area (Å²) in [6.45, 7) is 3.44. The van der Waals surface area contributed by atoms with E-state index in [4.69, 9.17) is 9.47 Å². The van der Waals surface area contributed by atoms with Gasteiger partial charge in [-0.2, -0.15) is 0 Å². The SMILES string of the molecule is Cc1nc(COc2cccc(/C=C/C(=O)N3CCOc4ccccc43)c2)cs1. The summed E-state index contributed by atoms with van der Waals surface area (Å²) in [5.41, 5.74) is 2.63. The van der Waals surface area contributed by atoms with Crippen molar-refractivity contribution in [2.24, 2.45) is 0 Å². The van der Waals surface area contributed by atoms with Gasteiger partial charge in [-0.1, -0.05) is 24.3 Å². The fraction of sp³-hybridized carbons (Fsp3) is 0.182. The largest absolute Gasteiger partial charge is 0.490 e. The Balaban J connectivity index is 1.43. The van der Waals surface area contributed by atoms with Crippen molar-refractivity contribution in [3.8, 4) is 11.5 Å². The molecule has 3 aromatic rings. The quantitative estimate of drug-likeness (QED) is 0.601. The summed E-state index contributed by atoms with van der Waals surface area (Å²) < 4.78 is 11.4. The maximum Gasteiger partial charge on any atom is 0.251 e. The average Bonchev–Trinajstić information content (AvgIpc) is 3.15. The van der Waals surface area contributed by atoms with Crippen LogP contribution in [0.4, 0.5) is 5.69 Å². The van der Waals surface area contributed by atoms with Crippen LogP contribution in [-0.4, -0.2) is 24.0 Å². The van der Waals surface area contributed by atoms with E-state index in [0.717, 1.165) is 33.5 Å². The van der Waals surface area contributed by atoms with E-state index in [1.807, 2.05) is 60.8 Å². The molecular weight excluding hydrogens is 372 g/mol. The van der Waals surface area contributed by atoms with Gasteiger partial charge in [0.25, 0.3) is 5.91 Å². The highest BCUT2D eigenvalue weighted by atomic mass is 32.1. The monoisotopic (exact) mass is 392 g/mol. The molecule has 1 amide bonds. The van der Waals surface area contributed by atoms with Crippen LogP contribution in [0.5, 0.6) is 11.5 Å². The summed E-state index contributed by atoms with van der Waals surface area (Å²) in [6, 6.07) is 15.3. The number of aryl methyl sites for hydroxylation is 1. The first-order chi connectivity index (χ1) is 13.7. The van der Waals surface area contributed by atoms with E-state index in [1.54, 1.807) is 28.4 Å². The molecule has 0 saturated carbocycles. The molecule has 4 rings (SSSR count). The number of nitrogens with zero attached hydrogens (tertiary/aromatic N) is 2. The molecule has 5 nitrogen and oxygen atoms in total. The number of hydrogen-bond acceptors (Lipinski definition) is 5. The lowest BCUT2D eigenvalue weighted by Gasteiger charge is -2.28. The Bertz CT molecular complexity index is 1010. The maximum absolute atomic E-state index is 12.7. The van der Waals surface area contributed by atoms with Gasteiger partial charge in [-0.25, -0.2) is 4.98 Å². The van der Waals surface area contributed by atoms with Gasteiger partial charge < -0.3 is 14.4 Å². The summed E-state index contributed by atoms with van der Waals surface area (Å²) in [5, 5.41) is 3.02. The topological polar surface area (TPSA) is 51.7 Å². The first kappa shape index (κ1) is 18.3. The molecule has 1 aliphatic heterocycles. The third-order valence-electron chi connectivity index (χ3n) is 4.32. The molecule has 2 heterocycles. The molecule has 6 heteroatoms. The molecule has 0 aliphatic carbocycles. The number of hydrogen-bond donors (Lipinski definition) is 0. The third-order valence-corrected chi connectivity index (χ3v) is 5.15. The van der Waals surface area contributed by atoms with Crippen LogP contribution in [0.1, 0.15) is 16.3 Å². The molecule has 0 saturated heterocycles. The van der Waals surface area contributed by atoms with E-state index in [-0.39, 0.29) is 5.91 Å². The molecule has 28 heavy (non-hydrogen) atoms. The first-order valence-electron chi connectivity index (χ1n) is 9.04. The standard InChI is InChI=1S/C22H20N2O3S/c1-16-23-18(15-28-16)14-27-19-6-4-5-17(13-19)9-10-22(25)24-11-12-26-21-8-3-2-7-20(21)24/h2-10,13,15H,11-12,14H2,1H3/b10-9+. The number of carbonyl (C=O) groups is 1. The van der Waals surface area contributed by atoms with Crippen LogP contribution in [0, 0.1) is 6.92 Å². The van der Waals surface area contributed by atoms with Crippen molar-refractivity contribution in [2.45, 2.75) is 13.5 Å². The highest BCUT2D eigenvalue weighted by Crippen LogP contribution is 2.31. The van der Waals surface area contributed by atoms with Crippen LogP contribution in [0.3, 0.4) is 0 Å². The van der Waals surface area contributed by atoms with E-state index < -0.39 is 0 Å². The Morgan fingerprint density at radius 2 is 2.18 bits per heavy atom. The molecule has 0 N–H and O–H groups in total. The third kappa shape index (κ3) is 4.23. The number of benzene rings is 2. The van der Waals surface area contributed by atoms with Gasteiger partial charge in [0.1, 0.15) is 24.7 Å². The summed E-state index contributed by atoms with van der Waals surface area (Å²) in [4.78, 5) is 18.8. The molecule has 2 aromatic carbocycles. The van der Waals surface area contributed by atoms with Gasteiger partial charge in [0, 0.05) is 11.5 Å². The van der Waals surface area contributed by atoms with Crippen molar-refractivity contribution in [3.05, 3.63) is 76.3 Å². The normalized spacial score (nSPS) is 13.2. The average molecular weight is 392 g/mol. The van der Waals surface area contributed by atoms with Crippen LogP contribution in [-0.2, 0) is 11.4 Å². The van der Waals surface area contributed by atoms with E-state index in [1.165, 1.54) is 0 Å². The highest BCUT2D eigenvalue weighted by molar-refractivity contribution is 7.09. The molecule has 0 unspecified atom stereocenters. The van der Waals surface area contributed by atoms with Crippen molar-refractivity contribution >= 4 is 29.0 Å². The van der Waals surface area contributed by atoms with Crippen LogP contribution in [0.2, 0.25) is 0 Å². The Morgan fingerprint density at radius 3 is 3.04 bits per heavy atom. The Labute approximate surface area is 167 Å². The minimum atomic E-state index is -0.0694. The van der Waals surface area contributed by atoms with Crippen LogP contribution >= 0.6 is 11.3 Å². The molecule has 0 fully saturated rings. The number of fused-ring (bicyclic) bond motifs is 1. The number of thiazole rings is 1. The van der Waals surface area contributed by atoms with Gasteiger partial charge in [0.15, 0.2) is 0 Å². The Kier molecular flexibility index (Phi) is 5.39. The van der Waals surface area contributed by atoms with Crippen LogP contribution < -0.4 is 14.4 Å². The molecule has 0 bridgehead atoms. The number of ether oxygens (including phenoxy) is 2. The zero-order valence-electron chi connectivity index (χ0n) is 15.5. The summed E-state index contributed by atoms with van der Waals surface area (Å²) in [5.74, 6) is 1.42. The zero-order chi connectivity index (χ0) is 19.3. The van der Waals surface area contributed by atoms with Crippen molar-refractivity contribution < 1.29 is 14.3 Å². The van der Waals surface area contributed by atoms with E-state index >= 15 is 0 Å². The second kappa shape index (κ2) is 8.27. The molecule has 1 aromatic heterocycles. The smallest absolute Gasteiger partial charge is 0.251 e. The molecule has 0 atom stereocenters. The number of para-hydroxylation sites is 2. The summed E-state index contributed by atoms with van der Waals surface area (Å²) in [7, 11) is 0. The number of rotatable bonds is 5. The van der Waals surface area contributed by atoms with Gasteiger partial charge in [0.2, 0.25) is 0 Å². The van der Waals surface area contributed by atoms with Gasteiger partial charge >= 0.3 is 0 Å². The highest BCUT2D eigenvalue weighted by Gasteiger charge is 2.21. The lowest BCUT2D eigenvalue weighted by Crippen LogP contribution is -2.36. The fourth-order valence-corrected chi connectivity index (χ4v) is 3.59.